The minimum absolute atomic E-state index is 0.144. The summed E-state index contributed by atoms with van der Waals surface area (Å²) >= 11 is 6.10. The zero-order chi connectivity index (χ0) is 27.7. The molecule has 194 valence electrons. The lowest BCUT2D eigenvalue weighted by Crippen LogP contribution is -2.41. The van der Waals surface area contributed by atoms with Crippen LogP contribution in [0.15, 0.2) is 46.0 Å². The minimum Gasteiger partial charge on any atom is -0.451 e. The lowest BCUT2D eigenvalue weighted by molar-refractivity contribution is -0.211. The summed E-state index contributed by atoms with van der Waals surface area (Å²) in [6.07, 6.45) is -5.02. The number of halogens is 5. The Morgan fingerprint density at radius 3 is 2.43 bits per heavy atom. The van der Waals surface area contributed by atoms with Gasteiger partial charge < -0.3 is 4.74 Å². The first-order valence-electron chi connectivity index (χ1n) is 10.2. The number of benzene rings is 2. The molecule has 1 unspecified atom stereocenters. The first-order valence-corrected chi connectivity index (χ1v) is 10.6. The van der Waals surface area contributed by atoms with Crippen LogP contribution in [0.3, 0.4) is 0 Å². The standard InChI is InChI=1S/C23H16ClF4N3O6/c1-11(10-29)13-5-4-6-17(37-36-12(2)32)21(13)35-18-8-16(15(25)7-14(18)24)31-20(33)9-19(23(26,27)28)30(3)22(31)34/h4-9,11H,1-3H3. The van der Waals surface area contributed by atoms with Crippen LogP contribution in [0.25, 0.3) is 5.69 Å². The number of nitriles is 1. The summed E-state index contributed by atoms with van der Waals surface area (Å²) in [6, 6.07) is 7.90. The molecule has 14 heteroatoms. The maximum absolute atomic E-state index is 14.8. The van der Waals surface area contributed by atoms with E-state index in [1.54, 1.807) is 0 Å². The zero-order valence-corrected chi connectivity index (χ0v) is 20.0. The number of aromatic nitrogens is 2. The van der Waals surface area contributed by atoms with E-state index in [1.807, 2.05) is 6.07 Å². The summed E-state index contributed by atoms with van der Waals surface area (Å²) in [5, 5.41) is 9.01. The van der Waals surface area contributed by atoms with Gasteiger partial charge in [0.2, 0.25) is 5.75 Å². The van der Waals surface area contributed by atoms with E-state index >= 15 is 0 Å². The van der Waals surface area contributed by atoms with Gasteiger partial charge in [-0.2, -0.15) is 18.4 Å². The Bertz CT molecular complexity index is 1540. The van der Waals surface area contributed by atoms with E-state index in [9.17, 15) is 37.2 Å². The average molecular weight is 542 g/mol. The number of nitrogens with zero attached hydrogens (tertiary/aromatic N) is 3. The third-order valence-electron chi connectivity index (χ3n) is 4.98. The third-order valence-corrected chi connectivity index (χ3v) is 5.28. The predicted molar refractivity (Wildman–Crippen MR) is 120 cm³/mol. The summed E-state index contributed by atoms with van der Waals surface area (Å²) in [4.78, 5) is 45.8. The molecule has 0 saturated carbocycles. The van der Waals surface area contributed by atoms with Gasteiger partial charge in [-0.15, -0.1) is 0 Å². The van der Waals surface area contributed by atoms with Gasteiger partial charge in [0.1, 0.15) is 17.3 Å². The molecule has 0 N–H and O–H groups in total. The topological polar surface area (TPSA) is 113 Å². The summed E-state index contributed by atoms with van der Waals surface area (Å²) < 4.78 is 60.5. The van der Waals surface area contributed by atoms with Crippen molar-refractivity contribution in [2.24, 2.45) is 7.05 Å². The van der Waals surface area contributed by atoms with Crippen molar-refractivity contribution in [2.45, 2.75) is 25.9 Å². The second kappa shape index (κ2) is 10.4. The smallest absolute Gasteiger partial charge is 0.431 e. The molecule has 0 aliphatic carbocycles. The van der Waals surface area contributed by atoms with E-state index in [2.05, 4.69) is 4.89 Å². The van der Waals surface area contributed by atoms with Crippen LogP contribution in [0.1, 0.15) is 31.0 Å². The van der Waals surface area contributed by atoms with Gasteiger partial charge in [-0.05, 0) is 19.1 Å². The first-order chi connectivity index (χ1) is 17.3. The second-order valence-corrected chi connectivity index (χ2v) is 7.97. The predicted octanol–water partition coefficient (Wildman–Crippen LogP) is 4.62. The molecule has 0 spiro atoms. The number of carbonyl (C=O) groups is 1. The van der Waals surface area contributed by atoms with Gasteiger partial charge in [-0.1, -0.05) is 23.7 Å². The van der Waals surface area contributed by atoms with Crippen molar-refractivity contribution in [1.82, 2.24) is 9.13 Å². The number of para-hydroxylation sites is 1. The molecular formula is C23H16ClF4N3O6. The molecule has 2 aromatic carbocycles. The molecule has 0 fully saturated rings. The van der Waals surface area contributed by atoms with Crippen LogP contribution in [0, 0.1) is 17.1 Å². The second-order valence-electron chi connectivity index (χ2n) is 7.56. The Morgan fingerprint density at radius 2 is 1.84 bits per heavy atom. The van der Waals surface area contributed by atoms with Gasteiger partial charge in [0.25, 0.3) is 5.56 Å². The number of carbonyl (C=O) groups excluding carboxylic acids is 1. The van der Waals surface area contributed by atoms with Gasteiger partial charge in [-0.25, -0.2) is 18.5 Å². The summed E-state index contributed by atoms with van der Waals surface area (Å²) in [7, 11) is 0.768. The normalized spacial score (nSPS) is 12.0. The maximum Gasteiger partial charge on any atom is 0.431 e. The molecule has 1 atom stereocenters. The Morgan fingerprint density at radius 1 is 1.16 bits per heavy atom. The van der Waals surface area contributed by atoms with Crippen LogP contribution in [-0.2, 0) is 22.9 Å². The molecule has 3 rings (SSSR count). The highest BCUT2D eigenvalue weighted by molar-refractivity contribution is 6.32. The average Bonchev–Trinajstić information content (AvgIpc) is 2.81. The fraction of sp³-hybridized carbons (Fsp3) is 0.217. The fourth-order valence-corrected chi connectivity index (χ4v) is 3.41. The van der Waals surface area contributed by atoms with Crippen LogP contribution >= 0.6 is 11.6 Å². The van der Waals surface area contributed by atoms with Gasteiger partial charge in [0.05, 0.1) is 22.7 Å². The summed E-state index contributed by atoms with van der Waals surface area (Å²) in [6.45, 7) is 2.58. The molecule has 37 heavy (non-hydrogen) atoms. The van der Waals surface area contributed by atoms with Crippen LogP contribution in [-0.4, -0.2) is 15.1 Å². The minimum atomic E-state index is -5.02. The molecule has 1 heterocycles. The Kier molecular flexibility index (Phi) is 7.63. The van der Waals surface area contributed by atoms with Crippen molar-refractivity contribution in [1.29, 1.82) is 5.26 Å². The van der Waals surface area contributed by atoms with E-state index in [1.165, 1.54) is 25.1 Å². The molecule has 0 aliphatic rings. The highest BCUT2D eigenvalue weighted by Gasteiger charge is 2.35. The number of ether oxygens (including phenoxy) is 1. The molecule has 0 aliphatic heterocycles. The monoisotopic (exact) mass is 541 g/mol. The van der Waals surface area contributed by atoms with E-state index < -0.39 is 46.5 Å². The van der Waals surface area contributed by atoms with Crippen molar-refractivity contribution in [2.75, 3.05) is 0 Å². The Labute approximate surface area is 210 Å². The molecule has 1 aromatic heterocycles. The van der Waals surface area contributed by atoms with Crippen LogP contribution in [0.4, 0.5) is 17.6 Å². The number of alkyl halides is 3. The molecule has 0 bridgehead atoms. The number of hydrogen-bond acceptors (Lipinski definition) is 7. The lowest BCUT2D eigenvalue weighted by Gasteiger charge is -2.18. The van der Waals surface area contributed by atoms with Crippen molar-refractivity contribution < 1.29 is 36.9 Å². The van der Waals surface area contributed by atoms with Crippen LogP contribution in [0.5, 0.6) is 17.2 Å². The largest absolute Gasteiger partial charge is 0.451 e. The quantitative estimate of drug-likeness (QED) is 0.254. The maximum atomic E-state index is 14.8. The highest BCUT2D eigenvalue weighted by Crippen LogP contribution is 2.41. The highest BCUT2D eigenvalue weighted by atomic mass is 35.5. The van der Waals surface area contributed by atoms with E-state index in [-0.39, 0.29) is 43.0 Å². The van der Waals surface area contributed by atoms with Crippen molar-refractivity contribution in [3.63, 3.8) is 0 Å². The molecule has 0 radical (unpaired) electrons. The Balaban J connectivity index is 2.22. The summed E-state index contributed by atoms with van der Waals surface area (Å²) in [5.74, 6) is -3.54. The van der Waals surface area contributed by atoms with Crippen LogP contribution in [0.2, 0.25) is 5.02 Å². The molecule has 0 saturated heterocycles. The lowest BCUT2D eigenvalue weighted by atomic mass is 10.0. The van der Waals surface area contributed by atoms with E-state index in [4.69, 9.17) is 21.2 Å². The molecule has 3 aromatic rings. The van der Waals surface area contributed by atoms with Gasteiger partial charge in [-0.3, -0.25) is 19.1 Å². The van der Waals surface area contributed by atoms with Crippen molar-refractivity contribution >= 4 is 17.6 Å². The molecule has 9 nitrogen and oxygen atoms in total. The SMILES string of the molecule is CC(=O)OOc1cccc(C(C)C#N)c1Oc1cc(-n2c(=O)cc(C(F)(F)F)n(C)c2=O)c(F)cc1Cl. The zero-order valence-electron chi connectivity index (χ0n) is 19.2. The molecular weight excluding hydrogens is 526 g/mol. The van der Waals surface area contributed by atoms with Gasteiger partial charge in [0.15, 0.2) is 5.75 Å². The summed E-state index contributed by atoms with van der Waals surface area (Å²) in [5.41, 5.74) is -5.00. The number of rotatable bonds is 6. The number of hydrogen-bond donors (Lipinski definition) is 0. The first kappa shape index (κ1) is 27.3. The third kappa shape index (κ3) is 5.59. The van der Waals surface area contributed by atoms with Gasteiger partial charge in [0, 0.05) is 31.7 Å². The van der Waals surface area contributed by atoms with Gasteiger partial charge >= 0.3 is 17.8 Å². The van der Waals surface area contributed by atoms with E-state index in [0.717, 1.165) is 20.0 Å². The van der Waals surface area contributed by atoms with E-state index in [0.29, 0.717) is 6.07 Å². The molecule has 0 amide bonds. The van der Waals surface area contributed by atoms with Crippen molar-refractivity contribution in [3.8, 4) is 29.0 Å². The Hall–Kier alpha value is -4.31. The fourth-order valence-electron chi connectivity index (χ4n) is 3.22. The van der Waals surface area contributed by atoms with Crippen molar-refractivity contribution in [3.05, 3.63) is 79.3 Å². The van der Waals surface area contributed by atoms with Crippen LogP contribution < -0.4 is 20.9 Å².